The zero-order valence-electron chi connectivity index (χ0n) is 16.0. The van der Waals surface area contributed by atoms with Gasteiger partial charge in [-0.05, 0) is 23.6 Å². The number of rotatable bonds is 6. The summed E-state index contributed by atoms with van der Waals surface area (Å²) >= 11 is 0. The van der Waals surface area contributed by atoms with E-state index < -0.39 is 11.6 Å². The van der Waals surface area contributed by atoms with Gasteiger partial charge in [-0.25, -0.2) is 8.78 Å². The van der Waals surface area contributed by atoms with E-state index in [1.54, 1.807) is 17.9 Å². The smallest absolute Gasteiger partial charge is 0.226 e. The fourth-order valence-corrected chi connectivity index (χ4v) is 3.05. The Hall–Kier alpha value is -3.55. The van der Waals surface area contributed by atoms with Crippen LogP contribution in [0.1, 0.15) is 18.4 Å². The normalized spacial score (nSPS) is 12.1. The molecule has 0 amide bonds. The largest absolute Gasteiger partial charge is 0.353 e. The monoisotopic (exact) mass is 394 g/mol. The van der Waals surface area contributed by atoms with E-state index >= 15 is 0 Å². The Bertz CT molecular complexity index is 1140. The van der Waals surface area contributed by atoms with E-state index in [0.29, 0.717) is 35.0 Å². The van der Waals surface area contributed by atoms with Crippen LogP contribution in [0, 0.1) is 11.6 Å². The minimum Gasteiger partial charge on any atom is -0.353 e. The molecule has 2 aromatic heterocycles. The Balaban J connectivity index is 1.61. The molecule has 1 atom stereocenters. The third-order valence-electron chi connectivity index (χ3n) is 4.71. The van der Waals surface area contributed by atoms with Crippen LogP contribution in [0.2, 0.25) is 0 Å². The van der Waals surface area contributed by atoms with Crippen molar-refractivity contribution in [1.82, 2.24) is 19.7 Å². The van der Waals surface area contributed by atoms with Crippen molar-refractivity contribution in [3.63, 3.8) is 0 Å². The zero-order chi connectivity index (χ0) is 20.4. The molecule has 0 aliphatic carbocycles. The molecule has 0 aliphatic rings. The first-order valence-corrected chi connectivity index (χ1v) is 9.22. The van der Waals surface area contributed by atoms with Crippen LogP contribution in [0.25, 0.3) is 11.0 Å². The summed E-state index contributed by atoms with van der Waals surface area (Å²) in [4.78, 5) is 9.06. The second kappa shape index (κ2) is 7.83. The van der Waals surface area contributed by atoms with E-state index in [2.05, 4.69) is 44.8 Å². The SMILES string of the molecule is C[C@@H](CNc1nc(Nc2ccc(F)c(F)c2)c2cnn(C)c2n1)c1ccccc1. The molecule has 2 aromatic carbocycles. The van der Waals surface area contributed by atoms with Crippen molar-refractivity contribution < 1.29 is 8.78 Å². The lowest BCUT2D eigenvalue weighted by Gasteiger charge is -2.14. The molecule has 0 bridgehead atoms. The molecule has 0 spiro atoms. The lowest BCUT2D eigenvalue weighted by molar-refractivity contribution is 0.509. The molecule has 2 N–H and O–H groups in total. The van der Waals surface area contributed by atoms with Crippen LogP contribution in [0.4, 0.5) is 26.2 Å². The number of fused-ring (bicyclic) bond motifs is 1. The van der Waals surface area contributed by atoms with Crippen molar-refractivity contribution >= 4 is 28.5 Å². The Morgan fingerprint density at radius 3 is 2.59 bits per heavy atom. The number of anilines is 3. The number of aromatic nitrogens is 4. The van der Waals surface area contributed by atoms with Gasteiger partial charge in [0, 0.05) is 25.3 Å². The molecule has 2 heterocycles. The van der Waals surface area contributed by atoms with Crippen LogP contribution in [-0.4, -0.2) is 26.3 Å². The molecular formula is C21H20F2N6. The van der Waals surface area contributed by atoms with Gasteiger partial charge in [0.05, 0.1) is 11.6 Å². The second-order valence-corrected chi connectivity index (χ2v) is 6.85. The maximum Gasteiger partial charge on any atom is 0.226 e. The molecule has 148 valence electrons. The van der Waals surface area contributed by atoms with E-state index in [1.807, 2.05) is 18.2 Å². The van der Waals surface area contributed by atoms with Crippen molar-refractivity contribution in [2.75, 3.05) is 17.2 Å². The first kappa shape index (κ1) is 18.8. The van der Waals surface area contributed by atoms with Crippen molar-refractivity contribution in [3.8, 4) is 0 Å². The highest BCUT2D eigenvalue weighted by molar-refractivity contribution is 5.89. The number of benzene rings is 2. The van der Waals surface area contributed by atoms with Gasteiger partial charge < -0.3 is 10.6 Å². The summed E-state index contributed by atoms with van der Waals surface area (Å²) in [7, 11) is 1.78. The highest BCUT2D eigenvalue weighted by atomic mass is 19.2. The van der Waals surface area contributed by atoms with Gasteiger partial charge in [-0.2, -0.15) is 15.1 Å². The van der Waals surface area contributed by atoms with Crippen LogP contribution in [0.5, 0.6) is 0 Å². The molecule has 0 saturated heterocycles. The average molecular weight is 394 g/mol. The van der Waals surface area contributed by atoms with E-state index in [4.69, 9.17) is 0 Å². The Morgan fingerprint density at radius 2 is 1.83 bits per heavy atom. The van der Waals surface area contributed by atoms with Gasteiger partial charge in [0.15, 0.2) is 17.3 Å². The third kappa shape index (κ3) is 4.01. The maximum absolute atomic E-state index is 13.6. The van der Waals surface area contributed by atoms with Gasteiger partial charge in [0.2, 0.25) is 5.95 Å². The van der Waals surface area contributed by atoms with E-state index in [0.717, 1.165) is 12.1 Å². The van der Waals surface area contributed by atoms with Gasteiger partial charge in [0.25, 0.3) is 0 Å². The summed E-state index contributed by atoms with van der Waals surface area (Å²) in [6, 6.07) is 13.8. The van der Waals surface area contributed by atoms with Crippen LogP contribution < -0.4 is 10.6 Å². The molecular weight excluding hydrogens is 374 g/mol. The van der Waals surface area contributed by atoms with Gasteiger partial charge in [-0.1, -0.05) is 37.3 Å². The molecule has 0 saturated carbocycles. The maximum atomic E-state index is 13.6. The molecule has 0 radical (unpaired) electrons. The quantitative estimate of drug-likeness (QED) is 0.500. The van der Waals surface area contributed by atoms with Crippen molar-refractivity contribution in [1.29, 1.82) is 0 Å². The molecule has 8 heteroatoms. The molecule has 0 unspecified atom stereocenters. The van der Waals surface area contributed by atoms with Gasteiger partial charge in [0.1, 0.15) is 5.82 Å². The summed E-state index contributed by atoms with van der Waals surface area (Å²) in [5.74, 6) is -0.689. The van der Waals surface area contributed by atoms with E-state index in [1.165, 1.54) is 11.6 Å². The topological polar surface area (TPSA) is 67.7 Å². The number of nitrogens with zero attached hydrogens (tertiary/aromatic N) is 4. The number of nitrogens with one attached hydrogen (secondary N) is 2. The molecule has 4 rings (SSSR count). The third-order valence-corrected chi connectivity index (χ3v) is 4.71. The fraction of sp³-hybridized carbons (Fsp3) is 0.190. The van der Waals surface area contributed by atoms with Crippen molar-refractivity contribution in [2.45, 2.75) is 12.8 Å². The predicted octanol–water partition coefficient (Wildman–Crippen LogP) is 4.60. The van der Waals surface area contributed by atoms with Crippen LogP contribution in [-0.2, 0) is 7.05 Å². The number of aryl methyl sites for hydroxylation is 1. The first-order valence-electron chi connectivity index (χ1n) is 9.22. The summed E-state index contributed by atoms with van der Waals surface area (Å²) in [5, 5.41) is 11.2. The molecule has 6 nitrogen and oxygen atoms in total. The number of hydrogen-bond acceptors (Lipinski definition) is 5. The minimum atomic E-state index is -0.929. The Labute approximate surface area is 166 Å². The standard InChI is InChI=1S/C21H20F2N6/c1-13(14-6-4-3-5-7-14)11-24-21-27-19(16-12-25-29(2)20(16)28-21)26-15-8-9-17(22)18(23)10-15/h3-10,12-13H,11H2,1-2H3,(H2,24,26,27,28)/t13-/m0/s1. The average Bonchev–Trinajstić information content (AvgIpc) is 3.11. The predicted molar refractivity (Wildman–Crippen MR) is 109 cm³/mol. The number of hydrogen-bond donors (Lipinski definition) is 2. The van der Waals surface area contributed by atoms with Gasteiger partial charge in [-0.15, -0.1) is 0 Å². The van der Waals surface area contributed by atoms with Crippen LogP contribution in [0.3, 0.4) is 0 Å². The van der Waals surface area contributed by atoms with Crippen molar-refractivity contribution in [3.05, 3.63) is 71.9 Å². The molecule has 0 aliphatic heterocycles. The second-order valence-electron chi connectivity index (χ2n) is 6.85. The minimum absolute atomic E-state index is 0.254. The lowest BCUT2D eigenvalue weighted by atomic mass is 10.0. The summed E-state index contributed by atoms with van der Waals surface area (Å²) in [6.07, 6.45) is 1.63. The zero-order valence-corrected chi connectivity index (χ0v) is 16.0. The molecule has 29 heavy (non-hydrogen) atoms. The fourth-order valence-electron chi connectivity index (χ4n) is 3.05. The molecule has 4 aromatic rings. The molecule has 0 fully saturated rings. The Morgan fingerprint density at radius 1 is 1.03 bits per heavy atom. The van der Waals surface area contributed by atoms with Crippen LogP contribution >= 0.6 is 0 Å². The van der Waals surface area contributed by atoms with E-state index in [-0.39, 0.29) is 5.92 Å². The lowest BCUT2D eigenvalue weighted by Crippen LogP contribution is -2.13. The van der Waals surface area contributed by atoms with Crippen molar-refractivity contribution in [2.24, 2.45) is 7.05 Å². The van der Waals surface area contributed by atoms with Gasteiger partial charge in [-0.3, -0.25) is 4.68 Å². The highest BCUT2D eigenvalue weighted by Gasteiger charge is 2.14. The van der Waals surface area contributed by atoms with Crippen LogP contribution in [0.15, 0.2) is 54.7 Å². The first-order chi connectivity index (χ1) is 14.0. The summed E-state index contributed by atoms with van der Waals surface area (Å²) < 4.78 is 28.4. The summed E-state index contributed by atoms with van der Waals surface area (Å²) in [6.45, 7) is 2.75. The van der Waals surface area contributed by atoms with E-state index in [9.17, 15) is 8.78 Å². The highest BCUT2D eigenvalue weighted by Crippen LogP contribution is 2.26. The summed E-state index contributed by atoms with van der Waals surface area (Å²) in [5.41, 5.74) is 2.22. The Kier molecular flexibility index (Phi) is 5.07. The number of halogens is 2. The van der Waals surface area contributed by atoms with Gasteiger partial charge >= 0.3 is 0 Å².